The molecule has 0 amide bonds. The molecule has 2 N–H and O–H groups in total. The molecule has 0 spiro atoms. The number of para-hydroxylation sites is 4. The Morgan fingerprint density at radius 3 is 0.713 bits per heavy atom. The lowest BCUT2D eigenvalue weighted by Gasteiger charge is -2.18. The van der Waals surface area contributed by atoms with Gasteiger partial charge in [-0.15, -0.1) is 0 Å². The number of hydrogen-bond donors (Lipinski definition) is 2. The minimum atomic E-state index is -1.44. The molecule has 0 aliphatic carbocycles. The van der Waals surface area contributed by atoms with E-state index in [1.807, 2.05) is 36.4 Å². The van der Waals surface area contributed by atoms with Gasteiger partial charge in [0.25, 0.3) is 0 Å². The fourth-order valence-electron chi connectivity index (χ4n) is 14.0. The Kier molecular flexibility index (Phi) is 15.4. The van der Waals surface area contributed by atoms with Crippen molar-refractivity contribution >= 4 is 115 Å². The van der Waals surface area contributed by atoms with Crippen molar-refractivity contribution in [2.24, 2.45) is 0 Å². The molecule has 0 aliphatic heterocycles. The van der Waals surface area contributed by atoms with E-state index >= 15 is 0 Å². The van der Waals surface area contributed by atoms with Crippen LogP contribution in [-0.2, 0) is 0 Å². The molecule has 94 heavy (non-hydrogen) atoms. The van der Waals surface area contributed by atoms with Gasteiger partial charge in [0.2, 0.25) is 0 Å². The van der Waals surface area contributed by atoms with E-state index in [4.69, 9.17) is 0 Å². The lowest BCUT2D eigenvalue weighted by Crippen LogP contribution is -2.29. The van der Waals surface area contributed by atoms with Crippen molar-refractivity contribution in [1.29, 1.82) is 0 Å². The summed E-state index contributed by atoms with van der Waals surface area (Å²) >= 11 is 3.83. The van der Waals surface area contributed by atoms with Gasteiger partial charge in [-0.2, -0.15) is 0 Å². The van der Waals surface area contributed by atoms with E-state index in [1.54, 1.807) is 12.1 Å². The van der Waals surface area contributed by atoms with Crippen LogP contribution in [0.25, 0.3) is 154 Å². The van der Waals surface area contributed by atoms with E-state index in [1.165, 1.54) is 141 Å². The summed E-state index contributed by atoms with van der Waals surface area (Å²) in [6, 6.07) is 124. The average molecular weight is 1270 g/mol. The largest absolute Gasteiger partial charge is 0.488 e. The molecule has 18 aromatic rings. The fraction of sp³-hybridized carbons (Fsp3) is 0. The zero-order valence-corrected chi connectivity index (χ0v) is 52.8. The number of rotatable bonds is 8. The number of aromatic nitrogens is 2. The van der Waals surface area contributed by atoms with Crippen LogP contribution in [0.15, 0.2) is 356 Å². The van der Waals surface area contributed by atoms with Crippen LogP contribution in [0.4, 0.5) is 0 Å². The fourth-order valence-corrected chi connectivity index (χ4v) is 14.7. The van der Waals surface area contributed by atoms with Crippen LogP contribution in [0.1, 0.15) is 0 Å². The highest BCUT2D eigenvalue weighted by molar-refractivity contribution is 9.10. The van der Waals surface area contributed by atoms with Crippen molar-refractivity contribution in [2.75, 3.05) is 0 Å². The van der Waals surface area contributed by atoms with Gasteiger partial charge in [0.05, 0.1) is 22.1 Å². The van der Waals surface area contributed by atoms with Gasteiger partial charge >= 0.3 is 7.12 Å². The Hall–Kier alpha value is -11.4. The standard InChI is InChI=1S/C44H29N.C26H17Br.C18H14BNO2/c1-2-12-30(13-3-1)31-22-24-32(25-23-31)43-37-16-4-6-18-39(37)44(40-19-7-5-17-38(40)43)33-26-28-34(29-27-33)45-41-20-10-8-14-35(41)36-15-9-11-21-42(36)45;27-26-23-12-6-4-10-21(23)25(22-11-5-7-13-24(22)26)20-16-14-19(15-17-20)18-8-2-1-3-9-18;21-19(22)13-9-11-14(12-10-13)20-17-7-3-1-5-15(17)16-6-2-4-8-18(16)20/h1-29H;1-17H;1-12,21-22H. The predicted molar refractivity (Wildman–Crippen MR) is 403 cm³/mol. The topological polar surface area (TPSA) is 50.3 Å². The Bertz CT molecular complexity index is 5590. The van der Waals surface area contributed by atoms with Gasteiger partial charge in [-0.1, -0.05) is 303 Å². The number of nitrogens with zero attached hydrogens (tertiary/aromatic N) is 2. The monoisotopic (exact) mass is 1270 g/mol. The van der Waals surface area contributed by atoms with Crippen molar-refractivity contribution in [3.05, 3.63) is 356 Å². The van der Waals surface area contributed by atoms with Crippen LogP contribution < -0.4 is 5.46 Å². The third-order valence-corrected chi connectivity index (χ3v) is 19.2. The molecular weight excluding hydrogens is 1210 g/mol. The van der Waals surface area contributed by atoms with Crippen LogP contribution in [-0.4, -0.2) is 26.3 Å². The Morgan fingerprint density at radius 1 is 0.202 bits per heavy atom. The quantitative estimate of drug-likeness (QED) is 0.118. The summed E-state index contributed by atoms with van der Waals surface area (Å²) in [5.41, 5.74) is 19.9. The van der Waals surface area contributed by atoms with Crippen LogP contribution in [0, 0.1) is 0 Å². The molecule has 16 aromatic carbocycles. The number of halogens is 1. The highest BCUT2D eigenvalue weighted by Crippen LogP contribution is 2.46. The maximum Gasteiger partial charge on any atom is 0.488 e. The maximum absolute atomic E-state index is 9.24. The predicted octanol–water partition coefficient (Wildman–Crippen LogP) is 22.6. The summed E-state index contributed by atoms with van der Waals surface area (Å²) < 4.78 is 5.74. The molecule has 0 saturated carbocycles. The van der Waals surface area contributed by atoms with Gasteiger partial charge in [0, 0.05) is 37.4 Å². The van der Waals surface area contributed by atoms with Crippen molar-refractivity contribution < 1.29 is 10.0 Å². The summed E-state index contributed by atoms with van der Waals surface area (Å²) in [6.45, 7) is 0. The SMILES string of the molecule is Brc1c2ccccc2c(-c2ccc(-c3ccccc3)cc2)c2ccccc12.OB(O)c1ccc(-n2c3ccccc3c3ccccc32)cc1.c1ccc(-c2ccc(-c3c4ccccc4c(-c4ccc(-n5c6ccccc6c6ccccc65)cc4)c4ccccc34)cc2)cc1. The van der Waals surface area contributed by atoms with Gasteiger partial charge in [-0.05, 0) is 169 Å². The number of hydrogen-bond acceptors (Lipinski definition) is 2. The van der Waals surface area contributed by atoms with E-state index in [0.717, 1.165) is 16.7 Å². The molecule has 0 fully saturated rings. The first-order valence-electron chi connectivity index (χ1n) is 31.8. The molecule has 6 heteroatoms. The van der Waals surface area contributed by atoms with Crippen molar-refractivity contribution in [1.82, 2.24) is 9.13 Å². The summed E-state index contributed by atoms with van der Waals surface area (Å²) in [7, 11) is -1.44. The lowest BCUT2D eigenvalue weighted by molar-refractivity contribution is 0.426. The van der Waals surface area contributed by atoms with Gasteiger partial charge in [0.1, 0.15) is 0 Å². The zero-order valence-electron chi connectivity index (χ0n) is 51.2. The average Bonchev–Trinajstić information content (AvgIpc) is 0.903. The van der Waals surface area contributed by atoms with Crippen molar-refractivity contribution in [3.63, 3.8) is 0 Å². The molecule has 0 bridgehead atoms. The Labute approximate surface area is 554 Å². The van der Waals surface area contributed by atoms with Crippen LogP contribution in [0.2, 0.25) is 0 Å². The minimum Gasteiger partial charge on any atom is -0.423 e. The van der Waals surface area contributed by atoms with Crippen LogP contribution in [0.5, 0.6) is 0 Å². The molecule has 18 rings (SSSR count). The molecular formula is C88H60BBrN2O2. The first-order chi connectivity index (χ1) is 46.4. The van der Waals surface area contributed by atoms with Crippen LogP contribution in [0.3, 0.4) is 0 Å². The molecule has 4 nitrogen and oxygen atoms in total. The van der Waals surface area contributed by atoms with Gasteiger partial charge in [-0.3, -0.25) is 0 Å². The number of fused-ring (bicyclic) bond motifs is 10. The second-order valence-corrected chi connectivity index (χ2v) is 24.6. The normalized spacial score (nSPS) is 11.4. The molecule has 0 atom stereocenters. The lowest BCUT2D eigenvalue weighted by atomic mass is 9.80. The van der Waals surface area contributed by atoms with E-state index in [2.05, 4.69) is 328 Å². The highest BCUT2D eigenvalue weighted by Gasteiger charge is 2.20. The molecule has 0 radical (unpaired) electrons. The van der Waals surface area contributed by atoms with E-state index in [-0.39, 0.29) is 0 Å². The van der Waals surface area contributed by atoms with Crippen molar-refractivity contribution in [3.8, 4) is 67.0 Å². The second-order valence-electron chi connectivity index (χ2n) is 23.8. The summed E-state index contributed by atoms with van der Waals surface area (Å²) in [5, 5.41) is 33.6. The van der Waals surface area contributed by atoms with E-state index < -0.39 is 7.12 Å². The van der Waals surface area contributed by atoms with Crippen LogP contribution >= 0.6 is 15.9 Å². The van der Waals surface area contributed by atoms with Gasteiger partial charge in [-0.25, -0.2) is 0 Å². The molecule has 2 heterocycles. The van der Waals surface area contributed by atoms with E-state index in [9.17, 15) is 10.0 Å². The molecule has 0 saturated heterocycles. The summed E-state index contributed by atoms with van der Waals surface area (Å²) in [6.07, 6.45) is 0. The second kappa shape index (κ2) is 25.0. The molecule has 0 unspecified atom stereocenters. The molecule has 2 aromatic heterocycles. The highest BCUT2D eigenvalue weighted by atomic mass is 79.9. The third kappa shape index (κ3) is 10.5. The first kappa shape index (κ1) is 57.8. The third-order valence-electron chi connectivity index (χ3n) is 18.4. The van der Waals surface area contributed by atoms with Gasteiger partial charge < -0.3 is 19.2 Å². The maximum atomic E-state index is 9.24. The molecule has 0 aliphatic rings. The Morgan fingerprint density at radius 2 is 0.415 bits per heavy atom. The molecule has 444 valence electrons. The van der Waals surface area contributed by atoms with Crippen molar-refractivity contribution in [2.45, 2.75) is 0 Å². The minimum absolute atomic E-state index is 0.490. The summed E-state index contributed by atoms with van der Waals surface area (Å²) in [5.74, 6) is 0. The Balaban J connectivity index is 0.000000121. The smallest absolute Gasteiger partial charge is 0.423 e. The zero-order chi connectivity index (χ0) is 63.1. The van der Waals surface area contributed by atoms with Gasteiger partial charge in [0.15, 0.2) is 0 Å². The number of benzene rings is 16. The summed E-state index contributed by atoms with van der Waals surface area (Å²) in [4.78, 5) is 0. The first-order valence-corrected chi connectivity index (χ1v) is 32.6. The van der Waals surface area contributed by atoms with E-state index in [0.29, 0.717) is 5.46 Å².